The Labute approximate surface area is 91.4 Å². The number of hydrogen-bond acceptors (Lipinski definition) is 1. The summed E-state index contributed by atoms with van der Waals surface area (Å²) in [5.41, 5.74) is 0. The van der Waals surface area contributed by atoms with Crippen LogP contribution < -0.4 is 0 Å². The maximum atomic E-state index is 12.7. The lowest BCUT2D eigenvalue weighted by molar-refractivity contribution is -0.130. The van der Waals surface area contributed by atoms with Crippen molar-refractivity contribution in [2.24, 2.45) is 0 Å². The molecule has 0 nitrogen and oxygen atoms in total. The van der Waals surface area contributed by atoms with Crippen LogP contribution in [0.3, 0.4) is 0 Å². The highest BCUT2D eigenvalue weighted by Crippen LogP contribution is 2.45. The van der Waals surface area contributed by atoms with Gasteiger partial charge in [0.15, 0.2) is 0 Å². The summed E-state index contributed by atoms with van der Waals surface area (Å²) >= 11 is 11.6. The number of rotatable bonds is 3. The smallest absolute Gasteiger partial charge is 0.204 e. The zero-order valence-electron chi connectivity index (χ0n) is 6.49. The third kappa shape index (κ3) is 2.15. The van der Waals surface area contributed by atoms with E-state index in [1.54, 1.807) is 0 Å². The standard InChI is InChI=1S/C7H4Cl2F4S/c8-3-1-2-14-4(3)5(9)7(12,13)6(10)11/h1-2,5-6H. The molecule has 0 aliphatic rings. The molecule has 1 heterocycles. The molecule has 80 valence electrons. The predicted octanol–water partition coefficient (Wildman–Crippen LogP) is 4.58. The Morgan fingerprint density at radius 3 is 2.29 bits per heavy atom. The van der Waals surface area contributed by atoms with Gasteiger partial charge in [0.25, 0.3) is 0 Å². The van der Waals surface area contributed by atoms with E-state index in [4.69, 9.17) is 23.2 Å². The first kappa shape index (κ1) is 12.1. The molecule has 0 amide bonds. The lowest BCUT2D eigenvalue weighted by Crippen LogP contribution is -2.31. The average molecular weight is 267 g/mol. The second kappa shape index (κ2) is 4.24. The van der Waals surface area contributed by atoms with Crippen LogP contribution in [0.1, 0.15) is 10.3 Å². The zero-order chi connectivity index (χ0) is 10.9. The highest BCUT2D eigenvalue weighted by atomic mass is 35.5. The van der Waals surface area contributed by atoms with Crippen LogP contribution in [0.15, 0.2) is 11.4 Å². The van der Waals surface area contributed by atoms with Crippen molar-refractivity contribution in [3.63, 3.8) is 0 Å². The summed E-state index contributed by atoms with van der Waals surface area (Å²) in [6.07, 6.45) is -3.80. The Morgan fingerprint density at radius 1 is 1.36 bits per heavy atom. The molecule has 0 fully saturated rings. The van der Waals surface area contributed by atoms with E-state index in [0.717, 1.165) is 11.3 Å². The van der Waals surface area contributed by atoms with Gasteiger partial charge < -0.3 is 0 Å². The molecular weight excluding hydrogens is 263 g/mol. The topological polar surface area (TPSA) is 0 Å². The molecule has 1 rings (SSSR count). The number of alkyl halides is 5. The lowest BCUT2D eigenvalue weighted by Gasteiger charge is -2.20. The van der Waals surface area contributed by atoms with Crippen LogP contribution in [-0.2, 0) is 0 Å². The third-order valence-electron chi connectivity index (χ3n) is 1.50. The van der Waals surface area contributed by atoms with E-state index in [1.165, 1.54) is 11.4 Å². The van der Waals surface area contributed by atoms with Gasteiger partial charge >= 0.3 is 12.3 Å². The fourth-order valence-electron chi connectivity index (χ4n) is 0.772. The normalized spacial score (nSPS) is 14.8. The minimum atomic E-state index is -4.27. The van der Waals surface area contributed by atoms with E-state index in [2.05, 4.69) is 0 Å². The summed E-state index contributed by atoms with van der Waals surface area (Å²) in [5.74, 6) is -4.27. The first-order chi connectivity index (χ1) is 6.37. The summed E-state index contributed by atoms with van der Waals surface area (Å²) in [4.78, 5) is -0.140. The van der Waals surface area contributed by atoms with Gasteiger partial charge in [0.2, 0.25) is 0 Å². The molecule has 14 heavy (non-hydrogen) atoms. The van der Waals surface area contributed by atoms with Crippen molar-refractivity contribution in [3.8, 4) is 0 Å². The highest BCUT2D eigenvalue weighted by Gasteiger charge is 2.49. The molecule has 1 atom stereocenters. The van der Waals surface area contributed by atoms with Gasteiger partial charge in [0.1, 0.15) is 5.38 Å². The van der Waals surface area contributed by atoms with Gasteiger partial charge in [-0.1, -0.05) is 11.6 Å². The van der Waals surface area contributed by atoms with Crippen molar-refractivity contribution >= 4 is 34.5 Å². The van der Waals surface area contributed by atoms with Gasteiger partial charge in [-0.2, -0.15) is 8.78 Å². The molecule has 1 aromatic heterocycles. The SMILES string of the molecule is FC(F)C(F)(F)C(Cl)c1sccc1Cl. The molecule has 0 saturated carbocycles. The fraction of sp³-hybridized carbons (Fsp3) is 0.429. The minimum Gasteiger partial charge on any atom is -0.204 e. The van der Waals surface area contributed by atoms with Gasteiger partial charge in [-0.3, -0.25) is 0 Å². The lowest BCUT2D eigenvalue weighted by atomic mass is 10.2. The molecule has 0 aliphatic heterocycles. The van der Waals surface area contributed by atoms with Crippen LogP contribution in [0.4, 0.5) is 17.6 Å². The van der Waals surface area contributed by atoms with Crippen molar-refractivity contribution in [1.29, 1.82) is 0 Å². The summed E-state index contributed by atoms with van der Waals surface area (Å²) < 4.78 is 49.3. The van der Waals surface area contributed by atoms with E-state index < -0.39 is 17.7 Å². The number of hydrogen-bond donors (Lipinski definition) is 0. The van der Waals surface area contributed by atoms with Crippen LogP contribution in [0.25, 0.3) is 0 Å². The average Bonchev–Trinajstić information content (AvgIpc) is 2.49. The summed E-state index contributed by atoms with van der Waals surface area (Å²) in [5, 5.41) is -0.695. The maximum Gasteiger partial charge on any atom is 0.328 e. The fourth-order valence-corrected chi connectivity index (χ4v) is 2.38. The Bertz CT molecular complexity index is 312. The van der Waals surface area contributed by atoms with Crippen molar-refractivity contribution < 1.29 is 17.6 Å². The molecule has 0 radical (unpaired) electrons. The van der Waals surface area contributed by atoms with E-state index in [0.29, 0.717) is 0 Å². The van der Waals surface area contributed by atoms with E-state index >= 15 is 0 Å². The second-order valence-electron chi connectivity index (χ2n) is 2.47. The Kier molecular flexibility index (Phi) is 3.66. The van der Waals surface area contributed by atoms with Gasteiger partial charge in [-0.15, -0.1) is 22.9 Å². The zero-order valence-corrected chi connectivity index (χ0v) is 8.81. The monoisotopic (exact) mass is 266 g/mol. The molecule has 0 bridgehead atoms. The second-order valence-corrected chi connectivity index (χ2v) is 4.26. The van der Waals surface area contributed by atoms with E-state index in [-0.39, 0.29) is 9.90 Å². The quantitative estimate of drug-likeness (QED) is 0.555. The molecule has 1 unspecified atom stereocenters. The molecule has 1 aromatic rings. The van der Waals surface area contributed by atoms with Gasteiger partial charge in [0, 0.05) is 4.88 Å². The number of halogens is 6. The summed E-state index contributed by atoms with van der Waals surface area (Å²) in [7, 11) is 0. The number of thiophene rings is 1. The van der Waals surface area contributed by atoms with Crippen molar-refractivity contribution in [2.45, 2.75) is 17.7 Å². The molecule has 0 aromatic carbocycles. The minimum absolute atomic E-state index is 0.0182. The first-order valence-electron chi connectivity index (χ1n) is 3.40. The van der Waals surface area contributed by atoms with E-state index in [1.807, 2.05) is 0 Å². The summed E-state index contributed by atoms with van der Waals surface area (Å²) in [6, 6.07) is 1.33. The Hall–Kier alpha value is -0.0000000000000000555. The van der Waals surface area contributed by atoms with Crippen molar-refractivity contribution in [1.82, 2.24) is 0 Å². The van der Waals surface area contributed by atoms with Gasteiger partial charge in [-0.05, 0) is 11.4 Å². The molecule has 0 saturated heterocycles. The third-order valence-corrected chi connectivity index (χ3v) is 3.57. The van der Waals surface area contributed by atoms with Crippen LogP contribution in [0, 0.1) is 0 Å². The molecular formula is C7H4Cl2F4S. The molecule has 0 N–H and O–H groups in total. The maximum absolute atomic E-state index is 12.7. The predicted molar refractivity (Wildman–Crippen MR) is 48.9 cm³/mol. The van der Waals surface area contributed by atoms with Crippen LogP contribution in [0.2, 0.25) is 5.02 Å². The van der Waals surface area contributed by atoms with E-state index in [9.17, 15) is 17.6 Å². The van der Waals surface area contributed by atoms with Crippen LogP contribution in [-0.4, -0.2) is 12.3 Å². The Morgan fingerprint density at radius 2 is 1.93 bits per heavy atom. The molecule has 0 aliphatic carbocycles. The summed E-state index contributed by atoms with van der Waals surface area (Å²) in [6.45, 7) is 0. The highest BCUT2D eigenvalue weighted by molar-refractivity contribution is 7.11. The van der Waals surface area contributed by atoms with Gasteiger partial charge in [0.05, 0.1) is 5.02 Å². The Balaban J connectivity index is 2.96. The molecule has 7 heteroatoms. The largest absolute Gasteiger partial charge is 0.328 e. The van der Waals surface area contributed by atoms with Crippen molar-refractivity contribution in [3.05, 3.63) is 21.3 Å². The van der Waals surface area contributed by atoms with Gasteiger partial charge in [-0.25, -0.2) is 8.78 Å². The van der Waals surface area contributed by atoms with Crippen LogP contribution in [0.5, 0.6) is 0 Å². The van der Waals surface area contributed by atoms with Crippen molar-refractivity contribution in [2.75, 3.05) is 0 Å². The first-order valence-corrected chi connectivity index (χ1v) is 5.09. The van der Waals surface area contributed by atoms with Crippen LogP contribution >= 0.6 is 34.5 Å². The molecule has 0 spiro atoms.